The Morgan fingerprint density at radius 3 is 2.85 bits per heavy atom. The number of nitrogens with zero attached hydrogens (tertiary/aromatic N) is 4. The van der Waals surface area contributed by atoms with Gasteiger partial charge in [-0.3, -0.25) is 9.69 Å². The van der Waals surface area contributed by atoms with Crippen molar-refractivity contribution in [3.8, 4) is 0 Å². The van der Waals surface area contributed by atoms with Crippen LogP contribution in [0.5, 0.6) is 0 Å². The summed E-state index contributed by atoms with van der Waals surface area (Å²) in [7, 11) is 0. The number of pyridine rings is 1. The third-order valence-corrected chi connectivity index (χ3v) is 5.10. The topological polar surface area (TPSA) is 86.4 Å². The van der Waals surface area contributed by atoms with E-state index in [1.54, 1.807) is 0 Å². The zero-order valence-electron chi connectivity index (χ0n) is 14.5. The summed E-state index contributed by atoms with van der Waals surface area (Å²) in [5, 5.41) is 9.16. The highest BCUT2D eigenvalue weighted by molar-refractivity contribution is 6.29. The number of halogens is 1. The Morgan fingerprint density at radius 2 is 2.19 bits per heavy atom. The van der Waals surface area contributed by atoms with Crippen LogP contribution in [0.25, 0.3) is 0 Å². The van der Waals surface area contributed by atoms with Crippen molar-refractivity contribution in [2.75, 3.05) is 43.1 Å². The summed E-state index contributed by atoms with van der Waals surface area (Å²) >= 11 is 5.81. The van der Waals surface area contributed by atoms with Gasteiger partial charge in [0.2, 0.25) is 0 Å². The van der Waals surface area contributed by atoms with Gasteiger partial charge in [0.05, 0.1) is 31.1 Å². The lowest BCUT2D eigenvalue weighted by Crippen LogP contribution is -2.59. The number of anilines is 3. The number of piperazine rings is 1. The van der Waals surface area contributed by atoms with Crippen LogP contribution in [0.2, 0.25) is 5.15 Å². The number of nitrogens with one attached hydrogen (secondary N) is 2. The zero-order valence-corrected chi connectivity index (χ0v) is 15.2. The molecule has 1 atom stereocenters. The summed E-state index contributed by atoms with van der Waals surface area (Å²) in [6, 6.07) is 6.34. The fraction of sp³-hybridized carbons (Fsp3) is 0.471. The van der Waals surface area contributed by atoms with Gasteiger partial charge in [-0.2, -0.15) is 5.10 Å². The van der Waals surface area contributed by atoms with Crippen LogP contribution in [0.4, 0.5) is 17.2 Å². The van der Waals surface area contributed by atoms with Crippen molar-refractivity contribution in [1.82, 2.24) is 20.1 Å². The Kier molecular flexibility index (Phi) is 4.80. The van der Waals surface area contributed by atoms with Crippen LogP contribution in [0.3, 0.4) is 0 Å². The van der Waals surface area contributed by atoms with Gasteiger partial charge < -0.3 is 15.0 Å². The van der Waals surface area contributed by atoms with E-state index >= 15 is 0 Å². The third kappa shape index (κ3) is 3.53. The molecule has 2 aliphatic heterocycles. The first-order valence-corrected chi connectivity index (χ1v) is 9.04. The molecule has 26 heavy (non-hydrogen) atoms. The molecule has 1 unspecified atom stereocenters. The van der Waals surface area contributed by atoms with Crippen LogP contribution >= 0.6 is 11.6 Å². The fourth-order valence-corrected chi connectivity index (χ4v) is 3.53. The average molecular weight is 377 g/mol. The number of hydrogen-bond acceptors (Lipinski definition) is 7. The third-order valence-electron chi connectivity index (χ3n) is 4.91. The maximum absolute atomic E-state index is 11.8. The second-order valence-electron chi connectivity index (χ2n) is 6.69. The summed E-state index contributed by atoms with van der Waals surface area (Å²) in [5.41, 5.74) is 1.05. The first-order valence-electron chi connectivity index (χ1n) is 8.67. The largest absolute Gasteiger partial charge is 0.378 e. The summed E-state index contributed by atoms with van der Waals surface area (Å²) in [5.74, 6) is 0.583. The van der Waals surface area contributed by atoms with E-state index in [2.05, 4.69) is 37.2 Å². The minimum atomic E-state index is -0.343. The average Bonchev–Trinajstić information content (AvgIpc) is 2.58. The van der Waals surface area contributed by atoms with Crippen molar-refractivity contribution in [2.45, 2.75) is 19.0 Å². The lowest BCUT2D eigenvalue weighted by molar-refractivity contribution is -0.0691. The van der Waals surface area contributed by atoms with Gasteiger partial charge in [0.25, 0.3) is 5.56 Å². The van der Waals surface area contributed by atoms with E-state index in [-0.39, 0.29) is 10.7 Å². The molecule has 2 aliphatic rings. The second-order valence-corrected chi connectivity index (χ2v) is 7.08. The molecule has 0 spiro atoms. The molecule has 9 heteroatoms. The van der Waals surface area contributed by atoms with Gasteiger partial charge in [0, 0.05) is 31.7 Å². The Balaban J connectivity index is 1.42. The fourth-order valence-electron chi connectivity index (χ4n) is 3.38. The number of H-pyrrole nitrogens is 1. The van der Waals surface area contributed by atoms with Gasteiger partial charge >= 0.3 is 0 Å². The summed E-state index contributed by atoms with van der Waals surface area (Å²) in [4.78, 5) is 21.1. The first-order chi connectivity index (χ1) is 12.6. The lowest BCUT2D eigenvalue weighted by atomic mass is 10.1. The highest BCUT2D eigenvalue weighted by Gasteiger charge is 2.32. The minimum absolute atomic E-state index is 0.215. The molecule has 0 saturated carbocycles. The first kappa shape index (κ1) is 17.3. The van der Waals surface area contributed by atoms with Gasteiger partial charge in [-0.1, -0.05) is 11.6 Å². The Morgan fingerprint density at radius 1 is 1.35 bits per heavy atom. The molecule has 2 saturated heterocycles. The van der Waals surface area contributed by atoms with E-state index in [0.717, 1.165) is 38.5 Å². The van der Waals surface area contributed by atoms with E-state index in [4.69, 9.17) is 16.3 Å². The van der Waals surface area contributed by atoms with Crippen LogP contribution in [0.1, 0.15) is 6.92 Å². The molecule has 0 aliphatic carbocycles. The maximum Gasteiger partial charge on any atom is 0.287 e. The Labute approximate surface area is 156 Å². The molecular formula is C17H21ClN6O2. The van der Waals surface area contributed by atoms with E-state index in [0.29, 0.717) is 23.6 Å². The molecule has 2 N–H and O–H groups in total. The van der Waals surface area contributed by atoms with Crippen molar-refractivity contribution in [2.24, 2.45) is 0 Å². The smallest absolute Gasteiger partial charge is 0.287 e. The van der Waals surface area contributed by atoms with Gasteiger partial charge in [-0.05, 0) is 19.1 Å². The van der Waals surface area contributed by atoms with E-state index < -0.39 is 0 Å². The molecule has 4 rings (SSSR count). The molecule has 2 fully saturated rings. The lowest BCUT2D eigenvalue weighted by Gasteiger charge is -2.46. The highest BCUT2D eigenvalue weighted by Crippen LogP contribution is 2.24. The van der Waals surface area contributed by atoms with Crippen molar-refractivity contribution < 1.29 is 4.74 Å². The molecule has 8 nitrogen and oxygen atoms in total. The monoisotopic (exact) mass is 376 g/mol. The minimum Gasteiger partial charge on any atom is -0.378 e. The highest BCUT2D eigenvalue weighted by atomic mass is 35.5. The van der Waals surface area contributed by atoms with Gasteiger partial charge in [-0.25, -0.2) is 10.1 Å². The zero-order chi connectivity index (χ0) is 18.1. The maximum atomic E-state index is 11.8. The number of hydrogen-bond donors (Lipinski definition) is 2. The molecule has 0 aromatic carbocycles. The molecule has 2 aromatic rings. The molecular weight excluding hydrogens is 356 g/mol. The number of aromatic amines is 1. The van der Waals surface area contributed by atoms with Crippen molar-refractivity contribution in [1.29, 1.82) is 0 Å². The number of rotatable bonds is 4. The van der Waals surface area contributed by atoms with Gasteiger partial charge in [0.1, 0.15) is 11.5 Å². The summed E-state index contributed by atoms with van der Waals surface area (Å²) in [6.45, 7) is 6.96. The Hall–Kier alpha value is -2.16. The van der Waals surface area contributed by atoms with Crippen LogP contribution in [-0.4, -0.2) is 65.0 Å². The number of aromatic nitrogens is 3. The standard InChI is InChI=1S/C17H21ClN6O2/c1-11-8-23(13-9-26-10-13)4-5-24(11)12-2-3-16(19-7-12)20-14-6-15(18)21-22-17(14)25/h2-3,6-7,11,13H,4-5,8-10H2,1H3,(H,22,25)(H,19,20,21). The normalized spacial score (nSPS) is 21.5. The summed E-state index contributed by atoms with van der Waals surface area (Å²) < 4.78 is 5.30. The van der Waals surface area contributed by atoms with Crippen molar-refractivity contribution in [3.63, 3.8) is 0 Å². The van der Waals surface area contributed by atoms with Crippen LogP contribution in [0, 0.1) is 0 Å². The molecule has 2 aromatic heterocycles. The predicted octanol–water partition coefficient (Wildman–Crippen LogP) is 1.47. The van der Waals surface area contributed by atoms with Crippen molar-refractivity contribution >= 4 is 28.8 Å². The molecule has 0 bridgehead atoms. The Bertz CT molecular complexity index is 823. The predicted molar refractivity (Wildman–Crippen MR) is 100 cm³/mol. The quantitative estimate of drug-likeness (QED) is 0.835. The van der Waals surface area contributed by atoms with E-state index in [1.165, 1.54) is 6.07 Å². The SMILES string of the molecule is CC1CN(C2COC2)CCN1c1ccc(Nc2cc(Cl)n[nH]c2=O)nc1. The van der Waals surface area contributed by atoms with Gasteiger partial charge in [-0.15, -0.1) is 0 Å². The second kappa shape index (κ2) is 7.22. The molecule has 0 radical (unpaired) electrons. The van der Waals surface area contributed by atoms with E-state index in [9.17, 15) is 4.79 Å². The van der Waals surface area contributed by atoms with E-state index in [1.807, 2.05) is 18.3 Å². The van der Waals surface area contributed by atoms with Crippen LogP contribution < -0.4 is 15.8 Å². The van der Waals surface area contributed by atoms with Crippen LogP contribution in [0.15, 0.2) is 29.2 Å². The van der Waals surface area contributed by atoms with Crippen molar-refractivity contribution in [3.05, 3.63) is 39.9 Å². The molecule has 138 valence electrons. The summed E-state index contributed by atoms with van der Waals surface area (Å²) in [6.07, 6.45) is 1.83. The van der Waals surface area contributed by atoms with Crippen LogP contribution in [-0.2, 0) is 4.74 Å². The molecule has 0 amide bonds. The molecule has 4 heterocycles. The number of ether oxygens (including phenoxy) is 1. The van der Waals surface area contributed by atoms with Gasteiger partial charge in [0.15, 0.2) is 5.15 Å².